The van der Waals surface area contributed by atoms with Crippen molar-refractivity contribution in [1.82, 2.24) is 4.31 Å². The van der Waals surface area contributed by atoms with E-state index in [0.717, 1.165) is 11.1 Å². The second kappa shape index (κ2) is 6.13. The molecule has 1 aliphatic rings. The molecular weight excluding hydrogens is 294 g/mol. The molecule has 0 bridgehead atoms. The highest BCUT2D eigenvalue weighted by atomic mass is 32.2. The summed E-state index contributed by atoms with van der Waals surface area (Å²) in [6, 6.07) is 4.44. The minimum Gasteiger partial charge on any atom is -0.481 e. The number of hydrogen-bond acceptors (Lipinski definition) is 4. The molecule has 0 aliphatic carbocycles. The molecule has 6 nitrogen and oxygen atoms in total. The Balaban J connectivity index is 2.37. The van der Waals surface area contributed by atoms with Crippen molar-refractivity contribution in [2.24, 2.45) is 0 Å². The van der Waals surface area contributed by atoms with Gasteiger partial charge >= 0.3 is 5.97 Å². The maximum Gasteiger partial charge on any atom is 0.305 e. The summed E-state index contributed by atoms with van der Waals surface area (Å²) < 4.78 is 32.0. The molecule has 1 heterocycles. The molecule has 0 radical (unpaired) electrons. The Morgan fingerprint density at radius 1 is 1.33 bits per heavy atom. The van der Waals surface area contributed by atoms with Gasteiger partial charge in [-0.3, -0.25) is 4.79 Å². The summed E-state index contributed by atoms with van der Waals surface area (Å²) in [4.78, 5) is 11.1. The molecular formula is C14H19NO5S. The molecule has 1 saturated heterocycles. The van der Waals surface area contributed by atoms with E-state index in [2.05, 4.69) is 0 Å². The maximum absolute atomic E-state index is 12.8. The zero-order chi connectivity index (χ0) is 15.6. The van der Waals surface area contributed by atoms with Crippen LogP contribution in [0.3, 0.4) is 0 Å². The van der Waals surface area contributed by atoms with E-state index in [4.69, 9.17) is 9.84 Å². The fourth-order valence-electron chi connectivity index (χ4n) is 2.54. The van der Waals surface area contributed by atoms with Crippen LogP contribution in [-0.2, 0) is 19.6 Å². The lowest BCUT2D eigenvalue weighted by molar-refractivity contribution is -0.139. The van der Waals surface area contributed by atoms with Crippen LogP contribution in [-0.4, -0.2) is 49.6 Å². The Morgan fingerprint density at radius 3 is 2.52 bits per heavy atom. The first-order valence-corrected chi connectivity index (χ1v) is 8.14. The Kier molecular flexibility index (Phi) is 4.65. The molecule has 0 aromatic heterocycles. The van der Waals surface area contributed by atoms with Crippen LogP contribution in [0.4, 0.5) is 0 Å². The predicted molar refractivity (Wildman–Crippen MR) is 76.7 cm³/mol. The van der Waals surface area contributed by atoms with Gasteiger partial charge in [-0.1, -0.05) is 6.07 Å². The number of benzene rings is 1. The molecule has 1 atom stereocenters. The van der Waals surface area contributed by atoms with E-state index < -0.39 is 22.0 Å². The van der Waals surface area contributed by atoms with Crippen LogP contribution in [0.5, 0.6) is 0 Å². The van der Waals surface area contributed by atoms with Crippen molar-refractivity contribution in [3.8, 4) is 0 Å². The first kappa shape index (κ1) is 15.9. The molecule has 0 spiro atoms. The van der Waals surface area contributed by atoms with Gasteiger partial charge in [0, 0.05) is 6.54 Å². The number of rotatable bonds is 4. The second-order valence-electron chi connectivity index (χ2n) is 5.27. The number of morpholine rings is 1. The van der Waals surface area contributed by atoms with Gasteiger partial charge in [0.05, 0.1) is 30.6 Å². The average Bonchev–Trinajstić information content (AvgIpc) is 2.37. The third-order valence-corrected chi connectivity index (χ3v) is 5.32. The van der Waals surface area contributed by atoms with E-state index in [1.807, 2.05) is 19.9 Å². The quantitative estimate of drug-likeness (QED) is 0.902. The van der Waals surface area contributed by atoms with Crippen molar-refractivity contribution >= 4 is 16.0 Å². The molecule has 0 amide bonds. The van der Waals surface area contributed by atoms with E-state index in [1.54, 1.807) is 12.1 Å². The average molecular weight is 313 g/mol. The summed E-state index contributed by atoms with van der Waals surface area (Å²) in [5.41, 5.74) is 1.72. The fraction of sp³-hybridized carbons (Fsp3) is 0.500. The first-order chi connectivity index (χ1) is 9.80. The minimum absolute atomic E-state index is 0.107. The van der Waals surface area contributed by atoms with Gasteiger partial charge < -0.3 is 9.84 Å². The third kappa shape index (κ3) is 3.61. The Labute approximate surface area is 124 Å². The molecule has 1 aromatic carbocycles. The summed E-state index contributed by atoms with van der Waals surface area (Å²) in [5, 5.41) is 8.93. The predicted octanol–water partition coefficient (Wildman–Crippen LogP) is 1.17. The molecule has 1 fully saturated rings. The molecule has 116 valence electrons. The molecule has 21 heavy (non-hydrogen) atoms. The number of carboxylic acids is 1. The number of ether oxygens (including phenoxy) is 1. The van der Waals surface area contributed by atoms with Gasteiger partial charge in [-0.2, -0.15) is 4.31 Å². The highest BCUT2D eigenvalue weighted by Gasteiger charge is 2.35. The maximum atomic E-state index is 12.8. The lowest BCUT2D eigenvalue weighted by atomic mass is 10.2. The number of aliphatic carboxylic acids is 1. The third-order valence-electron chi connectivity index (χ3n) is 3.39. The molecule has 1 aromatic rings. The lowest BCUT2D eigenvalue weighted by Crippen LogP contribution is -2.49. The highest BCUT2D eigenvalue weighted by Crippen LogP contribution is 2.24. The van der Waals surface area contributed by atoms with Gasteiger partial charge in [-0.25, -0.2) is 8.42 Å². The van der Waals surface area contributed by atoms with Crippen molar-refractivity contribution < 1.29 is 23.1 Å². The summed E-state index contributed by atoms with van der Waals surface area (Å²) in [5.74, 6) is -1.04. The second-order valence-corrected chi connectivity index (χ2v) is 7.16. The lowest BCUT2D eigenvalue weighted by Gasteiger charge is -2.33. The van der Waals surface area contributed by atoms with E-state index in [0.29, 0.717) is 0 Å². The SMILES string of the molecule is Cc1cc(C)cc(S(=O)(=O)N2CCOCC2CC(=O)O)c1. The zero-order valence-electron chi connectivity index (χ0n) is 12.1. The number of nitrogens with zero attached hydrogens (tertiary/aromatic N) is 1. The van der Waals surface area contributed by atoms with Gasteiger partial charge in [0.25, 0.3) is 0 Å². The van der Waals surface area contributed by atoms with Crippen LogP contribution >= 0.6 is 0 Å². The van der Waals surface area contributed by atoms with Crippen LogP contribution < -0.4 is 0 Å². The Hall–Kier alpha value is -1.44. The van der Waals surface area contributed by atoms with Gasteiger partial charge in [0.2, 0.25) is 10.0 Å². The zero-order valence-corrected chi connectivity index (χ0v) is 12.9. The number of hydrogen-bond donors (Lipinski definition) is 1. The topological polar surface area (TPSA) is 83.9 Å². The Bertz CT molecular complexity index is 621. The first-order valence-electron chi connectivity index (χ1n) is 6.70. The smallest absolute Gasteiger partial charge is 0.305 e. The highest BCUT2D eigenvalue weighted by molar-refractivity contribution is 7.89. The number of carbonyl (C=O) groups is 1. The normalized spacial score (nSPS) is 20.4. The number of aryl methyl sites for hydroxylation is 2. The summed E-state index contributed by atoms with van der Waals surface area (Å²) >= 11 is 0. The van der Waals surface area contributed by atoms with Crippen LogP contribution in [0.25, 0.3) is 0 Å². The molecule has 7 heteroatoms. The summed E-state index contributed by atoms with van der Waals surface area (Å²) in [6.45, 7) is 4.23. The van der Waals surface area contributed by atoms with E-state index >= 15 is 0 Å². The van der Waals surface area contributed by atoms with Crippen LogP contribution in [0, 0.1) is 13.8 Å². The monoisotopic (exact) mass is 313 g/mol. The molecule has 1 unspecified atom stereocenters. The number of carboxylic acid groups (broad SMARTS) is 1. The van der Waals surface area contributed by atoms with Crippen LogP contribution in [0.1, 0.15) is 17.5 Å². The fourth-order valence-corrected chi connectivity index (χ4v) is 4.32. The number of sulfonamides is 1. The summed E-state index contributed by atoms with van der Waals surface area (Å²) in [6.07, 6.45) is -0.260. The van der Waals surface area contributed by atoms with Gasteiger partial charge in [-0.15, -0.1) is 0 Å². The van der Waals surface area contributed by atoms with E-state index in [1.165, 1.54) is 4.31 Å². The van der Waals surface area contributed by atoms with Crippen molar-refractivity contribution in [3.63, 3.8) is 0 Å². The van der Waals surface area contributed by atoms with Crippen molar-refractivity contribution in [2.75, 3.05) is 19.8 Å². The molecule has 0 saturated carbocycles. The van der Waals surface area contributed by atoms with Gasteiger partial charge in [-0.05, 0) is 37.1 Å². The molecule has 2 rings (SSSR count). The van der Waals surface area contributed by atoms with Gasteiger partial charge in [0.1, 0.15) is 0 Å². The van der Waals surface area contributed by atoms with Gasteiger partial charge in [0.15, 0.2) is 0 Å². The largest absolute Gasteiger partial charge is 0.481 e. The van der Waals surface area contributed by atoms with Crippen molar-refractivity contribution in [3.05, 3.63) is 29.3 Å². The van der Waals surface area contributed by atoms with Crippen molar-refractivity contribution in [1.29, 1.82) is 0 Å². The molecule has 1 N–H and O–H groups in total. The summed E-state index contributed by atoms with van der Waals surface area (Å²) in [7, 11) is -3.71. The molecule has 1 aliphatic heterocycles. The van der Waals surface area contributed by atoms with Crippen LogP contribution in [0.2, 0.25) is 0 Å². The van der Waals surface area contributed by atoms with Crippen LogP contribution in [0.15, 0.2) is 23.1 Å². The van der Waals surface area contributed by atoms with E-state index in [-0.39, 0.29) is 31.1 Å². The standard InChI is InChI=1S/C14H19NO5S/c1-10-5-11(2)7-13(6-10)21(18,19)15-3-4-20-9-12(15)8-14(16)17/h5-7,12H,3-4,8-9H2,1-2H3,(H,16,17). The Morgan fingerprint density at radius 2 is 1.95 bits per heavy atom. The van der Waals surface area contributed by atoms with Crippen molar-refractivity contribution in [2.45, 2.75) is 31.2 Å². The minimum atomic E-state index is -3.71. The van der Waals surface area contributed by atoms with E-state index in [9.17, 15) is 13.2 Å².